The van der Waals surface area contributed by atoms with Gasteiger partial charge in [-0.3, -0.25) is 9.59 Å². The number of nitrogens with zero attached hydrogens (tertiary/aromatic N) is 1. The number of esters is 1. The maximum atomic E-state index is 11.6. The largest absolute Gasteiger partial charge is 0.465 e. The number of hydrogen-bond donors (Lipinski definition) is 2. The van der Waals surface area contributed by atoms with Gasteiger partial charge in [0.1, 0.15) is 13.1 Å². The van der Waals surface area contributed by atoms with Gasteiger partial charge < -0.3 is 20.3 Å². The van der Waals surface area contributed by atoms with Crippen molar-refractivity contribution < 1.29 is 19.1 Å². The molecule has 0 aliphatic carbocycles. The number of amides is 3. The number of hydrogen-bond acceptors (Lipinski definition) is 4. The van der Waals surface area contributed by atoms with Crippen LogP contribution in [0.3, 0.4) is 0 Å². The Kier molecular flexibility index (Phi) is 8.34. The van der Waals surface area contributed by atoms with Gasteiger partial charge in [-0.15, -0.1) is 0 Å². The van der Waals surface area contributed by atoms with Crippen molar-refractivity contribution >= 4 is 17.9 Å². The lowest BCUT2D eigenvalue weighted by molar-refractivity contribution is -0.141. The number of likely N-dealkylation sites (N-methyl/N-ethyl adjacent to an activating group) is 2. The van der Waals surface area contributed by atoms with E-state index in [0.29, 0.717) is 13.1 Å². The molecule has 7 nitrogen and oxygen atoms in total. The van der Waals surface area contributed by atoms with Crippen molar-refractivity contribution in [3.05, 3.63) is 0 Å². The third-order valence-electron chi connectivity index (χ3n) is 2.07. The molecule has 3 amide bonds. The quantitative estimate of drug-likeness (QED) is 0.615. The highest BCUT2D eigenvalue weighted by atomic mass is 16.5. The first-order chi connectivity index (χ1) is 8.54. The molecule has 0 aromatic rings. The molecule has 0 radical (unpaired) electrons. The van der Waals surface area contributed by atoms with E-state index in [1.165, 1.54) is 4.90 Å². The summed E-state index contributed by atoms with van der Waals surface area (Å²) in [6, 6.07) is -0.461. The van der Waals surface area contributed by atoms with Gasteiger partial charge in [0, 0.05) is 13.1 Å². The minimum absolute atomic E-state index is 0.0288. The van der Waals surface area contributed by atoms with E-state index in [-0.39, 0.29) is 25.6 Å². The van der Waals surface area contributed by atoms with Gasteiger partial charge in [0.05, 0.1) is 6.61 Å². The average molecular weight is 259 g/mol. The Morgan fingerprint density at radius 3 is 2.28 bits per heavy atom. The third-order valence-corrected chi connectivity index (χ3v) is 2.07. The Bertz CT molecular complexity index is 294. The zero-order valence-electron chi connectivity index (χ0n) is 11.1. The number of carbonyl (C=O) groups is 3. The van der Waals surface area contributed by atoms with Gasteiger partial charge in [0.15, 0.2) is 0 Å². The monoisotopic (exact) mass is 259 g/mol. The number of ether oxygens (including phenoxy) is 1. The van der Waals surface area contributed by atoms with Crippen molar-refractivity contribution in [1.29, 1.82) is 0 Å². The highest BCUT2D eigenvalue weighted by molar-refractivity contribution is 5.85. The van der Waals surface area contributed by atoms with E-state index in [4.69, 9.17) is 0 Å². The Balaban J connectivity index is 4.10. The lowest BCUT2D eigenvalue weighted by atomic mass is 10.4. The molecule has 0 saturated carbocycles. The molecule has 0 bridgehead atoms. The smallest absolute Gasteiger partial charge is 0.325 e. The molecule has 0 rings (SSSR count). The predicted molar refractivity (Wildman–Crippen MR) is 66.0 cm³/mol. The van der Waals surface area contributed by atoms with Gasteiger partial charge >= 0.3 is 12.0 Å². The highest BCUT2D eigenvalue weighted by Crippen LogP contribution is 1.89. The molecule has 0 atom stereocenters. The van der Waals surface area contributed by atoms with Crippen LogP contribution in [-0.4, -0.2) is 55.6 Å². The van der Waals surface area contributed by atoms with Crippen LogP contribution >= 0.6 is 0 Å². The Morgan fingerprint density at radius 1 is 1.11 bits per heavy atom. The fraction of sp³-hybridized carbons (Fsp3) is 0.727. The van der Waals surface area contributed by atoms with Crippen molar-refractivity contribution in [1.82, 2.24) is 15.5 Å². The second-order valence-corrected chi connectivity index (χ2v) is 3.43. The SMILES string of the molecule is CCNC(=O)CN(CC)C(=O)NCC(=O)OCC. The van der Waals surface area contributed by atoms with Crippen molar-refractivity contribution in [2.24, 2.45) is 0 Å². The summed E-state index contributed by atoms with van der Waals surface area (Å²) in [5.41, 5.74) is 0. The topological polar surface area (TPSA) is 87.7 Å². The lowest BCUT2D eigenvalue weighted by Crippen LogP contribution is -2.46. The molecule has 0 unspecified atom stereocenters. The van der Waals surface area contributed by atoms with Crippen molar-refractivity contribution in [3.63, 3.8) is 0 Å². The summed E-state index contributed by atoms with van der Waals surface area (Å²) in [4.78, 5) is 35.3. The molecule has 7 heteroatoms. The van der Waals surface area contributed by atoms with E-state index in [9.17, 15) is 14.4 Å². The molecular weight excluding hydrogens is 238 g/mol. The van der Waals surface area contributed by atoms with Crippen LogP contribution in [0.4, 0.5) is 4.79 Å². The second kappa shape index (κ2) is 9.26. The van der Waals surface area contributed by atoms with Crippen LogP contribution in [0.2, 0.25) is 0 Å². The molecule has 18 heavy (non-hydrogen) atoms. The molecule has 0 heterocycles. The molecule has 0 aromatic carbocycles. The molecule has 0 spiro atoms. The molecule has 0 aliphatic heterocycles. The molecule has 104 valence electrons. The standard InChI is InChI=1S/C11H21N3O4/c1-4-12-9(15)8-14(5-2)11(17)13-7-10(16)18-6-3/h4-8H2,1-3H3,(H,12,15)(H,13,17). The van der Waals surface area contributed by atoms with Crippen LogP contribution in [0.25, 0.3) is 0 Å². The van der Waals surface area contributed by atoms with Crippen LogP contribution in [0, 0.1) is 0 Å². The summed E-state index contributed by atoms with van der Waals surface area (Å²) < 4.78 is 4.67. The van der Waals surface area contributed by atoms with E-state index in [2.05, 4.69) is 15.4 Å². The molecule has 0 aliphatic rings. The van der Waals surface area contributed by atoms with E-state index in [0.717, 1.165) is 0 Å². The number of nitrogens with one attached hydrogen (secondary N) is 2. The lowest BCUT2D eigenvalue weighted by Gasteiger charge is -2.20. The summed E-state index contributed by atoms with van der Waals surface area (Å²) in [6.45, 7) is 6.18. The van der Waals surface area contributed by atoms with Crippen LogP contribution in [0.5, 0.6) is 0 Å². The fourth-order valence-corrected chi connectivity index (χ4v) is 1.23. The Hall–Kier alpha value is -1.79. The normalized spacial score (nSPS) is 9.50. The van der Waals surface area contributed by atoms with Crippen LogP contribution in [-0.2, 0) is 14.3 Å². The Labute approximate surface area is 107 Å². The summed E-state index contributed by atoms with van der Waals surface area (Å²) in [7, 11) is 0. The maximum absolute atomic E-state index is 11.6. The van der Waals surface area contributed by atoms with Gasteiger partial charge in [-0.1, -0.05) is 0 Å². The average Bonchev–Trinajstić information content (AvgIpc) is 2.33. The van der Waals surface area contributed by atoms with Crippen LogP contribution in [0.15, 0.2) is 0 Å². The zero-order chi connectivity index (χ0) is 14.0. The second-order valence-electron chi connectivity index (χ2n) is 3.43. The number of rotatable bonds is 7. The minimum Gasteiger partial charge on any atom is -0.465 e. The van der Waals surface area contributed by atoms with Gasteiger partial charge in [-0.25, -0.2) is 4.79 Å². The first kappa shape index (κ1) is 16.2. The molecule has 2 N–H and O–H groups in total. The molecule has 0 aromatic heterocycles. The van der Waals surface area contributed by atoms with E-state index in [1.54, 1.807) is 20.8 Å². The summed E-state index contributed by atoms with van der Waals surface area (Å²) in [6.07, 6.45) is 0. The van der Waals surface area contributed by atoms with Gasteiger partial charge in [0.2, 0.25) is 5.91 Å². The van der Waals surface area contributed by atoms with Gasteiger partial charge in [-0.05, 0) is 20.8 Å². The minimum atomic E-state index is -0.500. The summed E-state index contributed by atoms with van der Waals surface area (Å²) in [5.74, 6) is -0.731. The fourth-order valence-electron chi connectivity index (χ4n) is 1.23. The van der Waals surface area contributed by atoms with Crippen LogP contribution < -0.4 is 10.6 Å². The molecule has 0 saturated heterocycles. The summed E-state index contributed by atoms with van der Waals surface area (Å²) >= 11 is 0. The van der Waals surface area contributed by atoms with Crippen molar-refractivity contribution in [2.75, 3.05) is 32.8 Å². The highest BCUT2D eigenvalue weighted by Gasteiger charge is 2.15. The van der Waals surface area contributed by atoms with Crippen LogP contribution in [0.1, 0.15) is 20.8 Å². The maximum Gasteiger partial charge on any atom is 0.325 e. The molecular formula is C11H21N3O4. The zero-order valence-corrected chi connectivity index (χ0v) is 11.1. The predicted octanol–water partition coefficient (Wildman–Crippen LogP) is -0.283. The number of urea groups is 1. The third kappa shape index (κ3) is 6.72. The van der Waals surface area contributed by atoms with Crippen molar-refractivity contribution in [2.45, 2.75) is 20.8 Å². The first-order valence-corrected chi connectivity index (χ1v) is 6.00. The van der Waals surface area contributed by atoms with E-state index in [1.807, 2.05) is 0 Å². The summed E-state index contributed by atoms with van der Waals surface area (Å²) in [5, 5.41) is 5.00. The number of carbonyl (C=O) groups excluding carboxylic acids is 3. The van der Waals surface area contributed by atoms with Crippen molar-refractivity contribution in [3.8, 4) is 0 Å². The van der Waals surface area contributed by atoms with Gasteiger partial charge in [0.25, 0.3) is 0 Å². The molecule has 0 fully saturated rings. The first-order valence-electron chi connectivity index (χ1n) is 6.00. The van der Waals surface area contributed by atoms with E-state index >= 15 is 0 Å². The van der Waals surface area contributed by atoms with Gasteiger partial charge in [-0.2, -0.15) is 0 Å². The Morgan fingerprint density at radius 2 is 1.78 bits per heavy atom. The van der Waals surface area contributed by atoms with E-state index < -0.39 is 12.0 Å².